The van der Waals surface area contributed by atoms with Gasteiger partial charge in [0.15, 0.2) is 0 Å². The lowest BCUT2D eigenvalue weighted by molar-refractivity contribution is -0.901. The number of nitrogens with one attached hydrogen (secondary N) is 1. The molecule has 0 aliphatic carbocycles. The number of para-hydroxylation sites is 1. The average molecular weight is 315 g/mol. The van der Waals surface area contributed by atoms with Crippen molar-refractivity contribution in [2.45, 2.75) is 19.4 Å². The molecule has 0 amide bonds. The van der Waals surface area contributed by atoms with Gasteiger partial charge in [0.2, 0.25) is 0 Å². The molecule has 2 saturated heterocycles. The SMILES string of the molecule is O=c1oc2ccccc2c(N2CCOCC2)c1C[NH+]1CCCC1. The van der Waals surface area contributed by atoms with Crippen molar-refractivity contribution in [2.24, 2.45) is 0 Å². The van der Waals surface area contributed by atoms with Crippen LogP contribution >= 0.6 is 0 Å². The average Bonchev–Trinajstić information content (AvgIpc) is 3.09. The summed E-state index contributed by atoms with van der Waals surface area (Å²) < 4.78 is 11.1. The van der Waals surface area contributed by atoms with Crippen LogP contribution in [0, 0.1) is 0 Å². The molecule has 0 atom stereocenters. The third-order valence-corrected chi connectivity index (χ3v) is 4.94. The van der Waals surface area contributed by atoms with Crippen molar-refractivity contribution in [3.8, 4) is 0 Å². The molecule has 0 saturated carbocycles. The number of nitrogens with zero attached hydrogens (tertiary/aromatic N) is 1. The maximum absolute atomic E-state index is 12.6. The van der Waals surface area contributed by atoms with E-state index in [4.69, 9.17) is 9.15 Å². The van der Waals surface area contributed by atoms with Crippen molar-refractivity contribution in [3.63, 3.8) is 0 Å². The molecule has 2 aromatic rings. The van der Waals surface area contributed by atoms with Gasteiger partial charge in [0.05, 0.1) is 32.0 Å². The largest absolute Gasteiger partial charge is 0.422 e. The highest BCUT2D eigenvalue weighted by Crippen LogP contribution is 2.29. The summed E-state index contributed by atoms with van der Waals surface area (Å²) in [7, 11) is 0. The molecule has 2 fully saturated rings. The fourth-order valence-corrected chi connectivity index (χ4v) is 3.78. The number of ether oxygens (including phenoxy) is 1. The van der Waals surface area contributed by atoms with E-state index in [0.717, 1.165) is 49.4 Å². The van der Waals surface area contributed by atoms with Gasteiger partial charge in [-0.2, -0.15) is 0 Å². The highest BCUT2D eigenvalue weighted by molar-refractivity contribution is 5.91. The summed E-state index contributed by atoms with van der Waals surface area (Å²) in [5.74, 6) is 0. The first-order valence-electron chi connectivity index (χ1n) is 8.54. The molecule has 2 aliphatic rings. The maximum Gasteiger partial charge on any atom is 0.347 e. The van der Waals surface area contributed by atoms with E-state index >= 15 is 0 Å². The lowest BCUT2D eigenvalue weighted by Crippen LogP contribution is -3.08. The van der Waals surface area contributed by atoms with Gasteiger partial charge in [-0.15, -0.1) is 0 Å². The van der Waals surface area contributed by atoms with E-state index in [1.807, 2.05) is 18.2 Å². The van der Waals surface area contributed by atoms with Crippen LogP contribution in [0.25, 0.3) is 11.0 Å². The van der Waals surface area contributed by atoms with Gasteiger partial charge in [-0.3, -0.25) is 0 Å². The van der Waals surface area contributed by atoms with Gasteiger partial charge >= 0.3 is 5.63 Å². The van der Waals surface area contributed by atoms with Crippen LogP contribution in [-0.4, -0.2) is 39.4 Å². The van der Waals surface area contributed by atoms with Gasteiger partial charge < -0.3 is 19.0 Å². The molecule has 122 valence electrons. The standard InChI is InChI=1S/C18H22N2O3/c21-18-15(13-19-7-3-4-8-19)17(20-9-11-22-12-10-20)14-5-1-2-6-16(14)23-18/h1-2,5-6H,3-4,7-13H2/p+1. The predicted octanol–water partition coefficient (Wildman–Crippen LogP) is 0.808. The Morgan fingerprint density at radius 3 is 2.61 bits per heavy atom. The molecule has 5 heteroatoms. The third kappa shape index (κ3) is 2.86. The van der Waals surface area contributed by atoms with Crippen LogP contribution in [0.2, 0.25) is 0 Å². The van der Waals surface area contributed by atoms with Gasteiger partial charge in [0, 0.05) is 31.3 Å². The molecule has 1 aromatic carbocycles. The molecule has 1 N–H and O–H groups in total. The Hall–Kier alpha value is -1.85. The lowest BCUT2D eigenvalue weighted by atomic mass is 10.1. The Morgan fingerprint density at radius 2 is 1.83 bits per heavy atom. The van der Waals surface area contributed by atoms with Gasteiger partial charge in [-0.05, 0) is 12.1 Å². The Balaban J connectivity index is 1.84. The van der Waals surface area contributed by atoms with Gasteiger partial charge in [-0.1, -0.05) is 12.1 Å². The number of morpholine rings is 1. The van der Waals surface area contributed by atoms with E-state index in [9.17, 15) is 4.79 Å². The molecular formula is C18H23N2O3+. The van der Waals surface area contributed by atoms with Crippen LogP contribution in [0.15, 0.2) is 33.5 Å². The van der Waals surface area contributed by atoms with E-state index in [-0.39, 0.29) is 5.63 Å². The number of quaternary nitrogens is 1. The monoisotopic (exact) mass is 315 g/mol. The molecule has 1 aromatic heterocycles. The number of hydrogen-bond donors (Lipinski definition) is 1. The van der Waals surface area contributed by atoms with E-state index in [1.165, 1.54) is 17.7 Å². The second-order valence-electron chi connectivity index (χ2n) is 6.45. The third-order valence-electron chi connectivity index (χ3n) is 4.94. The number of rotatable bonds is 3. The molecule has 5 nitrogen and oxygen atoms in total. The second kappa shape index (κ2) is 6.34. The first-order chi connectivity index (χ1) is 11.3. The number of anilines is 1. The minimum absolute atomic E-state index is 0.176. The zero-order valence-electron chi connectivity index (χ0n) is 13.3. The fourth-order valence-electron chi connectivity index (χ4n) is 3.78. The predicted molar refractivity (Wildman–Crippen MR) is 89.2 cm³/mol. The highest BCUT2D eigenvalue weighted by Gasteiger charge is 2.26. The Kier molecular flexibility index (Phi) is 4.06. The van der Waals surface area contributed by atoms with E-state index < -0.39 is 0 Å². The second-order valence-corrected chi connectivity index (χ2v) is 6.45. The van der Waals surface area contributed by atoms with Crippen LogP contribution in [0.3, 0.4) is 0 Å². The first-order valence-corrected chi connectivity index (χ1v) is 8.54. The summed E-state index contributed by atoms with van der Waals surface area (Å²) in [6.07, 6.45) is 2.50. The zero-order chi connectivity index (χ0) is 15.6. The quantitative estimate of drug-likeness (QED) is 0.852. The maximum atomic E-state index is 12.6. The molecule has 0 spiro atoms. The summed E-state index contributed by atoms with van der Waals surface area (Å²) in [6.45, 7) is 6.14. The summed E-state index contributed by atoms with van der Waals surface area (Å²) >= 11 is 0. The fraction of sp³-hybridized carbons (Fsp3) is 0.500. The highest BCUT2D eigenvalue weighted by atomic mass is 16.5. The normalized spacial score (nSPS) is 19.6. The van der Waals surface area contributed by atoms with Gasteiger partial charge in [-0.25, -0.2) is 4.79 Å². The molecule has 0 radical (unpaired) electrons. The summed E-state index contributed by atoms with van der Waals surface area (Å²) in [6, 6.07) is 7.87. The van der Waals surface area contributed by atoms with Crippen molar-refractivity contribution < 1.29 is 14.1 Å². The lowest BCUT2D eigenvalue weighted by Gasteiger charge is -2.31. The molecule has 2 aliphatic heterocycles. The van der Waals surface area contributed by atoms with Gasteiger partial charge in [0.1, 0.15) is 17.7 Å². The molecule has 4 rings (SSSR count). The van der Waals surface area contributed by atoms with Crippen LogP contribution in [0.4, 0.5) is 5.69 Å². The van der Waals surface area contributed by atoms with Crippen LogP contribution in [0.5, 0.6) is 0 Å². The number of likely N-dealkylation sites (tertiary alicyclic amines) is 1. The first kappa shape index (κ1) is 14.7. The summed E-state index contributed by atoms with van der Waals surface area (Å²) in [4.78, 5) is 16.4. The topological polar surface area (TPSA) is 47.1 Å². The van der Waals surface area contributed by atoms with Crippen molar-refractivity contribution in [3.05, 3.63) is 40.2 Å². The Labute approximate surface area is 135 Å². The Bertz CT molecular complexity index is 744. The summed E-state index contributed by atoms with van der Waals surface area (Å²) in [5.41, 5.74) is 2.41. The van der Waals surface area contributed by atoms with Crippen molar-refractivity contribution in [1.29, 1.82) is 0 Å². The van der Waals surface area contributed by atoms with E-state index in [1.54, 1.807) is 0 Å². The van der Waals surface area contributed by atoms with E-state index in [2.05, 4.69) is 11.0 Å². The van der Waals surface area contributed by atoms with Crippen molar-refractivity contribution in [2.75, 3.05) is 44.3 Å². The van der Waals surface area contributed by atoms with E-state index in [0.29, 0.717) is 18.8 Å². The van der Waals surface area contributed by atoms with Gasteiger partial charge in [0.25, 0.3) is 0 Å². The minimum atomic E-state index is -0.176. The number of fused-ring (bicyclic) bond motifs is 1. The molecular weight excluding hydrogens is 292 g/mol. The number of hydrogen-bond acceptors (Lipinski definition) is 4. The zero-order valence-corrected chi connectivity index (χ0v) is 13.3. The van der Waals surface area contributed by atoms with Crippen LogP contribution in [0.1, 0.15) is 18.4 Å². The molecule has 0 unspecified atom stereocenters. The molecule has 0 bridgehead atoms. The van der Waals surface area contributed by atoms with Crippen LogP contribution < -0.4 is 15.4 Å². The Morgan fingerprint density at radius 1 is 1.09 bits per heavy atom. The van der Waals surface area contributed by atoms with Crippen molar-refractivity contribution >= 4 is 16.7 Å². The molecule has 3 heterocycles. The molecule has 23 heavy (non-hydrogen) atoms. The number of benzene rings is 1. The van der Waals surface area contributed by atoms with Crippen LogP contribution in [-0.2, 0) is 11.3 Å². The summed E-state index contributed by atoms with van der Waals surface area (Å²) in [5, 5.41) is 1.04. The minimum Gasteiger partial charge on any atom is -0.422 e. The smallest absolute Gasteiger partial charge is 0.347 e. The van der Waals surface area contributed by atoms with Crippen molar-refractivity contribution in [1.82, 2.24) is 0 Å².